The molecule has 0 atom stereocenters. The fourth-order valence-corrected chi connectivity index (χ4v) is 1.90. The van der Waals surface area contributed by atoms with Crippen LogP contribution >= 0.6 is 0 Å². The van der Waals surface area contributed by atoms with Gasteiger partial charge in [0, 0.05) is 0 Å². The number of fused-ring (bicyclic) bond motifs is 1. The van der Waals surface area contributed by atoms with Crippen molar-refractivity contribution in [1.29, 1.82) is 5.26 Å². The maximum absolute atomic E-state index is 13.9. The van der Waals surface area contributed by atoms with E-state index in [1.807, 2.05) is 6.07 Å². The molecule has 0 spiro atoms. The van der Waals surface area contributed by atoms with Gasteiger partial charge in [-0.1, -0.05) is 12.1 Å². The molecular weight excluding hydrogens is 271 g/mol. The SMILES string of the molecule is N#Cc1ccc(Oc2nc(N)nc3ccccc23)c(F)c1. The van der Waals surface area contributed by atoms with Gasteiger partial charge in [0.05, 0.1) is 22.5 Å². The summed E-state index contributed by atoms with van der Waals surface area (Å²) in [6, 6.07) is 12.9. The van der Waals surface area contributed by atoms with E-state index in [-0.39, 0.29) is 23.1 Å². The third kappa shape index (κ3) is 2.44. The third-order valence-electron chi connectivity index (χ3n) is 2.85. The highest BCUT2D eigenvalue weighted by molar-refractivity contribution is 5.84. The molecule has 2 aromatic carbocycles. The van der Waals surface area contributed by atoms with E-state index in [2.05, 4.69) is 9.97 Å². The first-order valence-electron chi connectivity index (χ1n) is 6.07. The Balaban J connectivity index is 2.08. The first kappa shape index (κ1) is 12.8. The Morgan fingerprint density at radius 2 is 1.95 bits per heavy atom. The fourth-order valence-electron chi connectivity index (χ4n) is 1.90. The molecule has 1 aromatic heterocycles. The lowest BCUT2D eigenvalue weighted by Gasteiger charge is -2.09. The van der Waals surface area contributed by atoms with Gasteiger partial charge in [-0.25, -0.2) is 9.37 Å². The van der Waals surface area contributed by atoms with Crippen molar-refractivity contribution in [2.45, 2.75) is 0 Å². The molecule has 0 aliphatic carbocycles. The molecule has 0 saturated carbocycles. The van der Waals surface area contributed by atoms with Gasteiger partial charge < -0.3 is 10.5 Å². The van der Waals surface area contributed by atoms with Crippen LogP contribution in [0.15, 0.2) is 42.5 Å². The molecule has 2 N–H and O–H groups in total. The molecule has 0 amide bonds. The summed E-state index contributed by atoms with van der Waals surface area (Å²) in [4.78, 5) is 8.07. The van der Waals surface area contributed by atoms with Crippen LogP contribution in [0.3, 0.4) is 0 Å². The van der Waals surface area contributed by atoms with Gasteiger partial charge in [0.25, 0.3) is 0 Å². The highest BCUT2D eigenvalue weighted by Gasteiger charge is 2.11. The molecule has 3 aromatic rings. The molecule has 0 bridgehead atoms. The van der Waals surface area contributed by atoms with Crippen molar-refractivity contribution in [2.24, 2.45) is 0 Å². The molecule has 0 aliphatic heterocycles. The molecule has 0 radical (unpaired) electrons. The van der Waals surface area contributed by atoms with Gasteiger partial charge in [0.2, 0.25) is 11.8 Å². The zero-order valence-electron chi connectivity index (χ0n) is 10.7. The van der Waals surface area contributed by atoms with E-state index >= 15 is 0 Å². The number of nitrogen functional groups attached to an aromatic ring is 1. The maximum atomic E-state index is 13.9. The first-order valence-corrected chi connectivity index (χ1v) is 6.07. The topological polar surface area (TPSA) is 84.8 Å². The Hall–Kier alpha value is -3.20. The molecule has 1 heterocycles. The van der Waals surface area contributed by atoms with Crippen molar-refractivity contribution in [3.8, 4) is 17.7 Å². The molecule has 0 fully saturated rings. The normalized spacial score (nSPS) is 10.3. The maximum Gasteiger partial charge on any atom is 0.232 e. The predicted octanol–water partition coefficient (Wildman–Crippen LogP) is 3.02. The molecule has 5 nitrogen and oxygen atoms in total. The van der Waals surface area contributed by atoms with Crippen molar-refractivity contribution in [2.75, 3.05) is 5.73 Å². The van der Waals surface area contributed by atoms with Gasteiger partial charge in [0.15, 0.2) is 11.6 Å². The number of aromatic nitrogens is 2. The van der Waals surface area contributed by atoms with E-state index in [0.717, 1.165) is 6.07 Å². The van der Waals surface area contributed by atoms with Crippen molar-refractivity contribution in [1.82, 2.24) is 9.97 Å². The Morgan fingerprint density at radius 3 is 2.71 bits per heavy atom. The van der Waals surface area contributed by atoms with E-state index in [9.17, 15) is 4.39 Å². The van der Waals surface area contributed by atoms with Gasteiger partial charge in [-0.2, -0.15) is 10.2 Å². The zero-order valence-corrected chi connectivity index (χ0v) is 10.7. The van der Waals surface area contributed by atoms with Crippen LogP contribution < -0.4 is 10.5 Å². The summed E-state index contributed by atoms with van der Waals surface area (Å²) >= 11 is 0. The van der Waals surface area contributed by atoms with E-state index in [1.165, 1.54) is 12.1 Å². The second-order valence-corrected chi connectivity index (χ2v) is 4.26. The van der Waals surface area contributed by atoms with E-state index in [0.29, 0.717) is 10.9 Å². The van der Waals surface area contributed by atoms with Gasteiger partial charge >= 0.3 is 0 Å². The monoisotopic (exact) mass is 280 g/mol. The lowest BCUT2D eigenvalue weighted by molar-refractivity contribution is 0.432. The molecule has 6 heteroatoms. The predicted molar refractivity (Wildman–Crippen MR) is 75.1 cm³/mol. The lowest BCUT2D eigenvalue weighted by Crippen LogP contribution is -1.99. The molecule has 0 saturated heterocycles. The highest BCUT2D eigenvalue weighted by atomic mass is 19.1. The number of para-hydroxylation sites is 1. The number of rotatable bonds is 2. The number of nitriles is 1. The van der Waals surface area contributed by atoms with Crippen LogP contribution in [0.2, 0.25) is 0 Å². The Kier molecular flexibility index (Phi) is 3.09. The summed E-state index contributed by atoms with van der Waals surface area (Å²) in [5.41, 5.74) is 6.44. The number of hydrogen-bond acceptors (Lipinski definition) is 5. The second kappa shape index (κ2) is 5.06. The number of hydrogen-bond donors (Lipinski definition) is 1. The average molecular weight is 280 g/mol. The van der Waals surface area contributed by atoms with E-state index < -0.39 is 5.82 Å². The van der Waals surface area contributed by atoms with E-state index in [1.54, 1.807) is 24.3 Å². The van der Waals surface area contributed by atoms with Crippen LogP contribution in [0.1, 0.15) is 5.56 Å². The number of ether oxygens (including phenoxy) is 1. The number of halogens is 1. The number of nitrogens with two attached hydrogens (primary N) is 1. The summed E-state index contributed by atoms with van der Waals surface area (Å²) in [5, 5.41) is 9.35. The van der Waals surface area contributed by atoms with Crippen LogP contribution in [0.5, 0.6) is 11.6 Å². The van der Waals surface area contributed by atoms with Gasteiger partial charge in [0.1, 0.15) is 0 Å². The zero-order chi connectivity index (χ0) is 14.8. The van der Waals surface area contributed by atoms with E-state index in [4.69, 9.17) is 15.7 Å². The van der Waals surface area contributed by atoms with Crippen molar-refractivity contribution in [3.63, 3.8) is 0 Å². The quantitative estimate of drug-likeness (QED) is 0.779. The smallest absolute Gasteiger partial charge is 0.232 e. The summed E-state index contributed by atoms with van der Waals surface area (Å²) < 4.78 is 19.4. The first-order chi connectivity index (χ1) is 10.2. The number of benzene rings is 2. The van der Waals surface area contributed by atoms with Crippen LogP contribution in [0.4, 0.5) is 10.3 Å². The van der Waals surface area contributed by atoms with Gasteiger partial charge in [-0.05, 0) is 30.3 Å². The largest absolute Gasteiger partial charge is 0.435 e. The Labute approximate surface area is 119 Å². The minimum atomic E-state index is -0.643. The molecule has 21 heavy (non-hydrogen) atoms. The summed E-state index contributed by atoms with van der Waals surface area (Å²) in [5.74, 6) is -0.466. The highest BCUT2D eigenvalue weighted by Crippen LogP contribution is 2.29. The van der Waals surface area contributed by atoms with Crippen molar-refractivity contribution < 1.29 is 9.13 Å². The van der Waals surface area contributed by atoms with Crippen LogP contribution in [-0.4, -0.2) is 9.97 Å². The summed E-state index contributed by atoms with van der Waals surface area (Å²) in [7, 11) is 0. The minimum absolute atomic E-state index is 0.0303. The van der Waals surface area contributed by atoms with Gasteiger partial charge in [-0.3, -0.25) is 0 Å². The third-order valence-corrected chi connectivity index (χ3v) is 2.85. The lowest BCUT2D eigenvalue weighted by atomic mass is 10.2. The minimum Gasteiger partial charge on any atom is -0.435 e. The molecular formula is C15H9FN4O. The molecule has 0 unspecified atom stereocenters. The summed E-state index contributed by atoms with van der Waals surface area (Å²) in [6.07, 6.45) is 0. The van der Waals surface area contributed by atoms with Crippen molar-refractivity contribution in [3.05, 3.63) is 53.8 Å². The molecule has 3 rings (SSSR count). The number of anilines is 1. The fraction of sp³-hybridized carbons (Fsp3) is 0. The summed E-state index contributed by atoms with van der Waals surface area (Å²) in [6.45, 7) is 0. The van der Waals surface area contributed by atoms with Crippen LogP contribution in [-0.2, 0) is 0 Å². The number of nitrogens with zero attached hydrogens (tertiary/aromatic N) is 3. The molecule has 0 aliphatic rings. The van der Waals surface area contributed by atoms with Crippen LogP contribution in [0.25, 0.3) is 10.9 Å². The average Bonchev–Trinajstić information content (AvgIpc) is 2.49. The van der Waals surface area contributed by atoms with Crippen molar-refractivity contribution >= 4 is 16.9 Å². The Bertz CT molecular complexity index is 873. The van der Waals surface area contributed by atoms with Gasteiger partial charge in [-0.15, -0.1) is 0 Å². The van der Waals surface area contributed by atoms with Crippen LogP contribution in [0, 0.1) is 17.1 Å². The second-order valence-electron chi connectivity index (χ2n) is 4.26. The Morgan fingerprint density at radius 1 is 1.14 bits per heavy atom. The molecule has 102 valence electrons. The standard InChI is InChI=1S/C15H9FN4O/c16-11-7-9(8-17)5-6-13(11)21-14-10-3-1-2-4-12(10)19-15(18)20-14/h1-7H,(H2,18,19,20).